The molecule has 0 spiro atoms. The van der Waals surface area contributed by atoms with Gasteiger partial charge < -0.3 is 0 Å². The number of allylic oxidation sites excluding steroid dienone is 2. The van der Waals surface area contributed by atoms with Crippen LogP contribution in [0.5, 0.6) is 0 Å². The van der Waals surface area contributed by atoms with Crippen LogP contribution in [0.15, 0.2) is 21.9 Å². The third-order valence-electron chi connectivity index (χ3n) is 0.496. The fourth-order valence-electron chi connectivity index (χ4n) is 0.278. The van der Waals surface area contributed by atoms with Crippen molar-refractivity contribution in [2.45, 2.75) is 0 Å². The van der Waals surface area contributed by atoms with E-state index in [-0.39, 0.29) is 26.7 Å². The van der Waals surface area contributed by atoms with Crippen molar-refractivity contribution in [2.75, 3.05) is 0 Å². The molecule has 1 rings (SSSR count). The topological polar surface area (TPSA) is 0 Å². The van der Waals surface area contributed by atoms with E-state index in [1.54, 1.807) is 0 Å². The molecular weight excluding hydrogens is 151 g/mol. The zero-order valence-corrected chi connectivity index (χ0v) is 6.41. The second kappa shape index (κ2) is 3.45. The third-order valence-corrected chi connectivity index (χ3v) is 2.11. The van der Waals surface area contributed by atoms with Gasteiger partial charge in [-0.05, 0) is 0 Å². The third kappa shape index (κ3) is 1.63. The van der Waals surface area contributed by atoms with E-state index in [0.717, 1.165) is 0 Å². The van der Waals surface area contributed by atoms with Gasteiger partial charge in [-0.2, -0.15) is 0 Å². The van der Waals surface area contributed by atoms with Crippen molar-refractivity contribution in [3.05, 3.63) is 21.9 Å². The molecule has 0 unspecified atom stereocenters. The fourth-order valence-corrected chi connectivity index (χ4v) is 1.44. The molecule has 0 aliphatic carbocycles. The summed E-state index contributed by atoms with van der Waals surface area (Å²) in [5, 5.41) is 0. The molecule has 0 N–H and O–H groups in total. The summed E-state index contributed by atoms with van der Waals surface area (Å²) < 4.78 is 0. The van der Waals surface area contributed by atoms with E-state index in [2.05, 4.69) is 21.9 Å². The first kappa shape index (κ1) is 6.26. The van der Waals surface area contributed by atoms with Crippen molar-refractivity contribution in [3.63, 3.8) is 0 Å². The summed E-state index contributed by atoms with van der Waals surface area (Å²) in [7, 11) is 0. The van der Waals surface area contributed by atoms with Crippen molar-refractivity contribution in [1.82, 2.24) is 0 Å². The number of rotatable bonds is 0. The molecule has 1 heterocycles. The standard InChI is InChI=1S/C4H5As.Si/c1-2-4-5-3-1;/h1-5H;. The molecule has 0 saturated carbocycles. The minimum absolute atomic E-state index is 0. The van der Waals surface area contributed by atoms with E-state index in [1.807, 2.05) is 0 Å². The van der Waals surface area contributed by atoms with Crippen LogP contribution in [0, 0.1) is 0 Å². The second-order valence-corrected chi connectivity index (χ2v) is 2.98. The van der Waals surface area contributed by atoms with E-state index in [9.17, 15) is 0 Å². The largest absolute Gasteiger partial charge is 0 e. The SMILES string of the molecule is C1=C[AsH]C=C1.[Si]. The van der Waals surface area contributed by atoms with Gasteiger partial charge in [-0.15, -0.1) is 0 Å². The Hall–Kier alpha value is 0.255. The molecular formula is C4H5AsSi. The molecule has 0 amide bonds. The molecule has 0 atom stereocenters. The van der Waals surface area contributed by atoms with Crippen LogP contribution in [-0.4, -0.2) is 26.7 Å². The zero-order chi connectivity index (χ0) is 3.54. The van der Waals surface area contributed by atoms with Gasteiger partial charge in [-0.3, -0.25) is 0 Å². The molecule has 0 bridgehead atoms. The molecule has 0 aromatic rings. The fraction of sp³-hybridized carbons (Fsp3) is 0. The van der Waals surface area contributed by atoms with Crippen LogP contribution in [0.1, 0.15) is 0 Å². The van der Waals surface area contributed by atoms with Crippen LogP contribution < -0.4 is 0 Å². The summed E-state index contributed by atoms with van der Waals surface area (Å²) in [6.45, 7) is 0. The maximum Gasteiger partial charge on any atom is 0 e. The minimum atomic E-state index is 0. The van der Waals surface area contributed by atoms with Gasteiger partial charge in [-0.25, -0.2) is 0 Å². The van der Waals surface area contributed by atoms with Crippen molar-refractivity contribution in [3.8, 4) is 0 Å². The maximum atomic E-state index is 2.25. The first-order valence-electron chi connectivity index (χ1n) is 1.58. The van der Waals surface area contributed by atoms with Crippen LogP contribution in [0.25, 0.3) is 0 Å². The van der Waals surface area contributed by atoms with Crippen LogP contribution in [-0.2, 0) is 0 Å². The smallest absolute Gasteiger partial charge is 0 e. The van der Waals surface area contributed by atoms with Gasteiger partial charge in [0, 0.05) is 11.0 Å². The van der Waals surface area contributed by atoms with Crippen LogP contribution in [0.3, 0.4) is 0 Å². The van der Waals surface area contributed by atoms with Crippen molar-refractivity contribution in [2.24, 2.45) is 0 Å². The molecule has 4 radical (unpaired) electrons. The van der Waals surface area contributed by atoms with Gasteiger partial charge in [0.15, 0.2) is 0 Å². The van der Waals surface area contributed by atoms with Gasteiger partial charge in [0.05, 0.1) is 0 Å². The van der Waals surface area contributed by atoms with Crippen molar-refractivity contribution < 1.29 is 0 Å². The quantitative estimate of drug-likeness (QED) is 0.436. The van der Waals surface area contributed by atoms with Crippen molar-refractivity contribution in [1.29, 1.82) is 0 Å². The summed E-state index contributed by atoms with van der Waals surface area (Å²) in [5.74, 6) is 0. The summed E-state index contributed by atoms with van der Waals surface area (Å²) in [4.78, 5) is 4.50. The molecule has 0 nitrogen and oxygen atoms in total. The Labute approximate surface area is 49.0 Å². The average Bonchev–Trinajstić information content (AvgIpc) is 1.76. The summed E-state index contributed by atoms with van der Waals surface area (Å²) in [5.41, 5.74) is 0. The summed E-state index contributed by atoms with van der Waals surface area (Å²) in [6, 6.07) is 0. The first-order valence-corrected chi connectivity index (χ1v) is 4.00. The van der Waals surface area contributed by atoms with Crippen LogP contribution in [0.4, 0.5) is 0 Å². The molecule has 6 heavy (non-hydrogen) atoms. The van der Waals surface area contributed by atoms with Gasteiger partial charge in [0.1, 0.15) is 0 Å². The molecule has 30 valence electrons. The number of hydrogen-bond donors (Lipinski definition) is 0. The van der Waals surface area contributed by atoms with E-state index >= 15 is 0 Å². The van der Waals surface area contributed by atoms with Gasteiger partial charge in [0.2, 0.25) is 0 Å². The summed E-state index contributed by atoms with van der Waals surface area (Å²) >= 11 is 0.278. The Morgan fingerprint density at radius 1 is 1.00 bits per heavy atom. The Balaban J connectivity index is 0.000000250. The maximum absolute atomic E-state index is 2.25. The van der Waals surface area contributed by atoms with E-state index < -0.39 is 0 Å². The predicted molar refractivity (Wildman–Crippen MR) is 31.2 cm³/mol. The molecule has 0 aromatic heterocycles. The second-order valence-electron chi connectivity index (χ2n) is 0.885. The predicted octanol–water partition coefficient (Wildman–Crippen LogP) is 0.0831. The molecule has 0 saturated heterocycles. The monoisotopic (exact) mass is 156 g/mol. The number of hydrogen-bond acceptors (Lipinski definition) is 0. The molecule has 0 aromatic carbocycles. The van der Waals surface area contributed by atoms with Gasteiger partial charge in [0.25, 0.3) is 0 Å². The summed E-state index contributed by atoms with van der Waals surface area (Å²) in [6.07, 6.45) is 4.22. The first-order chi connectivity index (χ1) is 2.50. The Bertz CT molecular complexity index is 65.6. The van der Waals surface area contributed by atoms with Gasteiger partial charge >= 0.3 is 37.6 Å². The van der Waals surface area contributed by atoms with Crippen molar-refractivity contribution >= 4 is 26.7 Å². The Morgan fingerprint density at radius 2 is 1.50 bits per heavy atom. The molecule has 0 fully saturated rings. The molecule has 1 aliphatic rings. The van der Waals surface area contributed by atoms with Crippen LogP contribution in [0.2, 0.25) is 0 Å². The van der Waals surface area contributed by atoms with E-state index in [4.69, 9.17) is 0 Å². The Kier molecular flexibility index (Phi) is 3.59. The minimum Gasteiger partial charge on any atom is 0 e. The normalized spacial score (nSPS) is 14.7. The van der Waals surface area contributed by atoms with Gasteiger partial charge in [-0.1, -0.05) is 0 Å². The average molecular weight is 156 g/mol. The Morgan fingerprint density at radius 3 is 1.67 bits per heavy atom. The molecule has 2 heteroatoms. The van der Waals surface area contributed by atoms with Crippen LogP contribution >= 0.6 is 0 Å². The van der Waals surface area contributed by atoms with E-state index in [0.29, 0.717) is 0 Å². The molecule has 1 aliphatic heterocycles. The zero-order valence-electron chi connectivity index (χ0n) is 3.31. The van der Waals surface area contributed by atoms with E-state index in [1.165, 1.54) is 0 Å².